The molecule has 0 radical (unpaired) electrons. The predicted molar refractivity (Wildman–Crippen MR) is 104 cm³/mol. The predicted octanol–water partition coefficient (Wildman–Crippen LogP) is 3.26. The Labute approximate surface area is 172 Å². The second-order valence-corrected chi connectivity index (χ2v) is 8.58. The minimum absolute atomic E-state index is 0.0356. The molecule has 11 heteroatoms. The molecule has 29 heavy (non-hydrogen) atoms. The van der Waals surface area contributed by atoms with E-state index < -0.39 is 26.6 Å². The molecule has 0 unspecified atom stereocenters. The van der Waals surface area contributed by atoms with Gasteiger partial charge >= 0.3 is 11.7 Å². The van der Waals surface area contributed by atoms with Gasteiger partial charge in [0.2, 0.25) is 15.8 Å². The van der Waals surface area contributed by atoms with E-state index >= 15 is 0 Å². The lowest BCUT2D eigenvalue weighted by molar-refractivity contribution is -0.385. The first-order valence-corrected chi connectivity index (χ1v) is 10.4. The zero-order valence-corrected chi connectivity index (χ0v) is 16.9. The average Bonchev–Trinajstić information content (AvgIpc) is 3.24. The van der Waals surface area contributed by atoms with E-state index in [4.69, 9.17) is 21.1 Å². The summed E-state index contributed by atoms with van der Waals surface area (Å²) in [6, 6.07) is 7.43. The van der Waals surface area contributed by atoms with Crippen molar-refractivity contribution < 1.29 is 27.6 Å². The van der Waals surface area contributed by atoms with E-state index in [1.54, 1.807) is 0 Å². The Kier molecular flexibility index (Phi) is 6.06. The SMILES string of the molecule is COc1ccc(OC(=O)c2cc(S(=O)(=O)N3CCCC3)ccc2Cl)c([N+](=O)[O-])c1. The number of esters is 1. The number of halogens is 1. The molecule has 2 aromatic rings. The highest BCUT2D eigenvalue weighted by Gasteiger charge is 2.29. The van der Waals surface area contributed by atoms with Crippen LogP contribution in [0.25, 0.3) is 0 Å². The Morgan fingerprint density at radius 3 is 2.48 bits per heavy atom. The minimum Gasteiger partial charge on any atom is -0.496 e. The zero-order chi connectivity index (χ0) is 21.2. The van der Waals surface area contributed by atoms with E-state index in [0.29, 0.717) is 13.1 Å². The number of methoxy groups -OCH3 is 1. The van der Waals surface area contributed by atoms with Crippen molar-refractivity contribution in [1.82, 2.24) is 4.31 Å². The van der Waals surface area contributed by atoms with Gasteiger partial charge in [-0.05, 0) is 43.2 Å². The minimum atomic E-state index is -3.77. The molecule has 0 aliphatic carbocycles. The van der Waals surface area contributed by atoms with Gasteiger partial charge in [-0.3, -0.25) is 10.1 Å². The van der Waals surface area contributed by atoms with Gasteiger partial charge in [-0.2, -0.15) is 4.31 Å². The fraction of sp³-hybridized carbons (Fsp3) is 0.278. The van der Waals surface area contributed by atoms with Gasteiger partial charge in [-0.1, -0.05) is 11.6 Å². The molecule has 0 amide bonds. The van der Waals surface area contributed by atoms with Crippen molar-refractivity contribution in [3.63, 3.8) is 0 Å². The number of hydrogen-bond acceptors (Lipinski definition) is 7. The molecule has 1 fully saturated rings. The molecule has 0 saturated carbocycles. The quantitative estimate of drug-likeness (QED) is 0.293. The third-order valence-corrected chi connectivity index (χ3v) is 6.65. The van der Waals surface area contributed by atoms with Crippen LogP contribution in [0.15, 0.2) is 41.3 Å². The Morgan fingerprint density at radius 2 is 1.86 bits per heavy atom. The molecular weight excluding hydrogens is 424 g/mol. The van der Waals surface area contributed by atoms with Crippen molar-refractivity contribution in [2.24, 2.45) is 0 Å². The summed E-state index contributed by atoms with van der Waals surface area (Å²) in [5.74, 6) is -1.11. The topological polar surface area (TPSA) is 116 Å². The number of nitrogens with zero attached hydrogens (tertiary/aromatic N) is 2. The Hall–Kier alpha value is -2.69. The first kappa shape index (κ1) is 21.0. The van der Waals surface area contributed by atoms with Crippen LogP contribution in [0.1, 0.15) is 23.2 Å². The summed E-state index contributed by atoms with van der Waals surface area (Å²) in [6.45, 7) is 0.811. The highest BCUT2D eigenvalue weighted by Crippen LogP contribution is 2.33. The molecule has 2 aromatic carbocycles. The molecule has 1 saturated heterocycles. The molecule has 0 aromatic heterocycles. The van der Waals surface area contributed by atoms with Crippen molar-refractivity contribution >= 4 is 33.3 Å². The van der Waals surface area contributed by atoms with E-state index in [0.717, 1.165) is 25.0 Å². The number of hydrogen-bond donors (Lipinski definition) is 0. The summed E-state index contributed by atoms with van der Waals surface area (Å²) in [6.07, 6.45) is 1.53. The average molecular weight is 441 g/mol. The first-order valence-electron chi connectivity index (χ1n) is 8.58. The summed E-state index contributed by atoms with van der Waals surface area (Å²) < 4.78 is 36.8. The third kappa shape index (κ3) is 4.34. The van der Waals surface area contributed by atoms with Crippen LogP contribution in [0.2, 0.25) is 5.02 Å². The number of nitro groups is 1. The van der Waals surface area contributed by atoms with Crippen molar-refractivity contribution in [2.75, 3.05) is 20.2 Å². The number of benzene rings is 2. The highest BCUT2D eigenvalue weighted by molar-refractivity contribution is 7.89. The molecule has 9 nitrogen and oxygen atoms in total. The van der Waals surface area contributed by atoms with Crippen molar-refractivity contribution in [3.8, 4) is 11.5 Å². The Balaban J connectivity index is 1.93. The summed E-state index contributed by atoms with van der Waals surface area (Å²) in [4.78, 5) is 23.0. The maximum absolute atomic E-state index is 12.7. The number of carbonyl (C=O) groups excluding carboxylic acids is 1. The van der Waals surface area contributed by atoms with Crippen LogP contribution in [0.5, 0.6) is 11.5 Å². The summed E-state index contributed by atoms with van der Waals surface area (Å²) >= 11 is 6.05. The van der Waals surface area contributed by atoms with E-state index in [9.17, 15) is 23.3 Å². The molecule has 1 heterocycles. The monoisotopic (exact) mass is 440 g/mol. The summed E-state index contributed by atoms with van der Waals surface area (Å²) in [5, 5.41) is 11.2. The molecule has 1 aliphatic rings. The van der Waals surface area contributed by atoms with E-state index in [2.05, 4.69) is 0 Å². The number of rotatable bonds is 6. The van der Waals surface area contributed by atoms with Gasteiger partial charge in [0.15, 0.2) is 0 Å². The van der Waals surface area contributed by atoms with Crippen LogP contribution in [0, 0.1) is 10.1 Å². The molecule has 1 aliphatic heterocycles. The van der Waals surface area contributed by atoms with Gasteiger partial charge in [-0.15, -0.1) is 0 Å². The molecular formula is C18H17ClN2O7S. The lowest BCUT2D eigenvalue weighted by Crippen LogP contribution is -2.28. The second-order valence-electron chi connectivity index (χ2n) is 6.23. The number of ether oxygens (including phenoxy) is 2. The third-order valence-electron chi connectivity index (χ3n) is 4.43. The van der Waals surface area contributed by atoms with E-state index in [1.807, 2.05) is 0 Å². The fourth-order valence-corrected chi connectivity index (χ4v) is 4.65. The van der Waals surface area contributed by atoms with Gasteiger partial charge in [0.05, 0.1) is 33.6 Å². The lowest BCUT2D eigenvalue weighted by atomic mass is 10.2. The van der Waals surface area contributed by atoms with Crippen LogP contribution in [-0.4, -0.2) is 43.8 Å². The standard InChI is InChI=1S/C18H17ClN2O7S/c1-27-12-4-7-17(16(10-12)21(23)24)28-18(22)14-11-13(5-6-15(14)19)29(25,26)20-8-2-3-9-20/h4-7,10-11H,2-3,8-9H2,1H3. The van der Waals surface area contributed by atoms with Crippen LogP contribution in [-0.2, 0) is 10.0 Å². The van der Waals surface area contributed by atoms with Crippen LogP contribution in [0.3, 0.4) is 0 Å². The smallest absolute Gasteiger partial charge is 0.345 e. The number of carbonyl (C=O) groups is 1. The number of nitro benzene ring substituents is 1. The van der Waals surface area contributed by atoms with Crippen LogP contribution >= 0.6 is 11.6 Å². The van der Waals surface area contributed by atoms with Crippen molar-refractivity contribution in [2.45, 2.75) is 17.7 Å². The van der Waals surface area contributed by atoms with Crippen LogP contribution < -0.4 is 9.47 Å². The molecule has 3 rings (SSSR count). The van der Waals surface area contributed by atoms with E-state index in [1.165, 1.54) is 35.7 Å². The highest BCUT2D eigenvalue weighted by atomic mass is 35.5. The molecule has 0 atom stereocenters. The Bertz CT molecular complexity index is 1070. The van der Waals surface area contributed by atoms with Gasteiger partial charge < -0.3 is 9.47 Å². The maximum atomic E-state index is 12.7. The second kappa shape index (κ2) is 8.36. The van der Waals surface area contributed by atoms with Gasteiger partial charge in [0.1, 0.15) is 5.75 Å². The fourth-order valence-electron chi connectivity index (χ4n) is 2.91. The van der Waals surface area contributed by atoms with Crippen molar-refractivity contribution in [1.29, 1.82) is 0 Å². The van der Waals surface area contributed by atoms with Gasteiger partial charge in [-0.25, -0.2) is 13.2 Å². The molecule has 0 N–H and O–H groups in total. The first-order chi connectivity index (χ1) is 13.7. The summed E-state index contributed by atoms with van der Waals surface area (Å²) in [5.41, 5.74) is -0.688. The maximum Gasteiger partial charge on any atom is 0.345 e. The van der Waals surface area contributed by atoms with Crippen molar-refractivity contribution in [3.05, 3.63) is 57.1 Å². The Morgan fingerprint density at radius 1 is 1.17 bits per heavy atom. The lowest BCUT2D eigenvalue weighted by Gasteiger charge is -2.16. The van der Waals surface area contributed by atoms with Gasteiger partial charge in [0.25, 0.3) is 0 Å². The summed E-state index contributed by atoms with van der Waals surface area (Å²) in [7, 11) is -2.43. The number of sulfonamides is 1. The van der Waals surface area contributed by atoms with Crippen LogP contribution in [0.4, 0.5) is 5.69 Å². The molecule has 0 bridgehead atoms. The zero-order valence-electron chi connectivity index (χ0n) is 15.3. The largest absolute Gasteiger partial charge is 0.496 e. The molecule has 154 valence electrons. The van der Waals surface area contributed by atoms with Gasteiger partial charge in [0, 0.05) is 13.1 Å². The normalized spacial score (nSPS) is 14.6. The van der Waals surface area contributed by atoms with E-state index in [-0.39, 0.29) is 27.0 Å². The molecule has 0 spiro atoms.